The van der Waals surface area contributed by atoms with Crippen LogP contribution in [0.5, 0.6) is 0 Å². The molecule has 0 fully saturated rings. The molecule has 0 bridgehead atoms. The number of benzene rings is 2. The molecule has 2 aromatic carbocycles. The molecule has 3 N–H and O–H groups in total. The van der Waals surface area contributed by atoms with Crippen molar-refractivity contribution >= 4 is 46.8 Å². The fourth-order valence-corrected chi connectivity index (χ4v) is 5.41. The van der Waals surface area contributed by atoms with Gasteiger partial charge < -0.3 is 25.8 Å². The average Bonchev–Trinajstić information content (AvgIpc) is 3.41. The van der Waals surface area contributed by atoms with Gasteiger partial charge in [-0.25, -0.2) is 4.98 Å². The molecular formula is C26H24N6O3. The first-order valence-corrected chi connectivity index (χ1v) is 11.6. The van der Waals surface area contributed by atoms with Crippen molar-refractivity contribution in [1.82, 2.24) is 4.98 Å². The maximum Gasteiger partial charge on any atom is 0.244 e. The molecule has 3 aliphatic rings. The Morgan fingerprint density at radius 2 is 2.03 bits per heavy atom. The van der Waals surface area contributed by atoms with Crippen molar-refractivity contribution in [2.75, 3.05) is 45.5 Å². The molecule has 9 nitrogen and oxygen atoms in total. The molecule has 1 aromatic heterocycles. The lowest BCUT2D eigenvalue weighted by Crippen LogP contribution is -2.41. The summed E-state index contributed by atoms with van der Waals surface area (Å²) in [5, 5.41) is 8.63. The first-order valence-electron chi connectivity index (χ1n) is 11.6. The summed E-state index contributed by atoms with van der Waals surface area (Å²) in [5.41, 5.74) is 6.91. The fraction of sp³-hybridized carbons (Fsp3) is 0.231. The van der Waals surface area contributed by atoms with Gasteiger partial charge in [0, 0.05) is 11.9 Å². The van der Waals surface area contributed by atoms with Crippen molar-refractivity contribution in [1.29, 1.82) is 0 Å². The average molecular weight is 469 g/mol. The zero-order valence-corrected chi connectivity index (χ0v) is 19.0. The van der Waals surface area contributed by atoms with Gasteiger partial charge in [-0.1, -0.05) is 18.2 Å². The van der Waals surface area contributed by atoms with Crippen LogP contribution in [0.25, 0.3) is 0 Å². The highest BCUT2D eigenvalue weighted by Gasteiger charge is 2.34. The van der Waals surface area contributed by atoms with Gasteiger partial charge in [-0.15, -0.1) is 0 Å². The minimum Gasteiger partial charge on any atom is -0.343 e. The van der Waals surface area contributed by atoms with E-state index >= 15 is 0 Å². The van der Waals surface area contributed by atoms with Gasteiger partial charge in [0.2, 0.25) is 18.2 Å². The van der Waals surface area contributed by atoms with Crippen molar-refractivity contribution in [2.45, 2.75) is 18.8 Å². The summed E-state index contributed by atoms with van der Waals surface area (Å²) in [7, 11) is 0. The summed E-state index contributed by atoms with van der Waals surface area (Å²) in [5.74, 6) is 0.663. The van der Waals surface area contributed by atoms with Gasteiger partial charge in [0.1, 0.15) is 5.82 Å². The quantitative estimate of drug-likeness (QED) is 0.481. The molecule has 176 valence electrons. The van der Waals surface area contributed by atoms with Gasteiger partial charge in [0.25, 0.3) is 0 Å². The zero-order valence-electron chi connectivity index (χ0n) is 19.0. The molecule has 0 saturated heterocycles. The highest BCUT2D eigenvalue weighted by Crippen LogP contribution is 2.43. The van der Waals surface area contributed by atoms with Crippen molar-refractivity contribution in [3.63, 3.8) is 0 Å². The van der Waals surface area contributed by atoms with Crippen molar-refractivity contribution in [3.8, 4) is 0 Å². The number of carbonyl (C=O) groups is 3. The topological polar surface area (TPSA) is 107 Å². The first-order chi connectivity index (χ1) is 17.1. The van der Waals surface area contributed by atoms with E-state index in [-0.39, 0.29) is 30.8 Å². The fourth-order valence-electron chi connectivity index (χ4n) is 5.41. The first kappa shape index (κ1) is 21.2. The molecule has 2 aliphatic heterocycles. The van der Waals surface area contributed by atoms with Crippen LogP contribution in [-0.2, 0) is 27.2 Å². The molecule has 6 rings (SSSR count). The third kappa shape index (κ3) is 3.84. The predicted octanol–water partition coefficient (Wildman–Crippen LogP) is 2.71. The SMILES string of the molecule is O=CNc1ncccc1C1Cc2ccc(NC(=O)CN3CN4CC(=O)Nc5cccc3c54)cc2C1. The zero-order chi connectivity index (χ0) is 23.9. The van der Waals surface area contributed by atoms with E-state index in [1.807, 2.05) is 52.3 Å². The maximum absolute atomic E-state index is 12.9. The summed E-state index contributed by atoms with van der Waals surface area (Å²) in [6, 6.07) is 15.7. The van der Waals surface area contributed by atoms with E-state index in [1.54, 1.807) is 6.20 Å². The Morgan fingerprint density at radius 3 is 2.91 bits per heavy atom. The second kappa shape index (κ2) is 8.43. The number of carbonyl (C=O) groups excluding carboxylic acids is 3. The Kier molecular flexibility index (Phi) is 5.09. The smallest absolute Gasteiger partial charge is 0.244 e. The van der Waals surface area contributed by atoms with Crippen molar-refractivity contribution in [3.05, 3.63) is 71.4 Å². The molecule has 3 heterocycles. The minimum atomic E-state index is -0.110. The highest BCUT2D eigenvalue weighted by molar-refractivity contribution is 6.06. The lowest BCUT2D eigenvalue weighted by molar-refractivity contribution is -0.115. The molecule has 35 heavy (non-hydrogen) atoms. The Labute approximate surface area is 202 Å². The van der Waals surface area contributed by atoms with Crippen LogP contribution in [0.4, 0.5) is 28.6 Å². The van der Waals surface area contributed by atoms with Crippen LogP contribution >= 0.6 is 0 Å². The second-order valence-corrected chi connectivity index (χ2v) is 9.10. The molecule has 1 aliphatic carbocycles. The third-order valence-corrected chi connectivity index (χ3v) is 6.85. The monoisotopic (exact) mass is 468 g/mol. The van der Waals surface area contributed by atoms with Crippen LogP contribution in [0.3, 0.4) is 0 Å². The van der Waals surface area contributed by atoms with E-state index in [0.717, 1.165) is 41.2 Å². The largest absolute Gasteiger partial charge is 0.343 e. The van der Waals surface area contributed by atoms with E-state index in [1.165, 1.54) is 11.1 Å². The number of nitrogens with one attached hydrogen (secondary N) is 3. The molecule has 1 atom stereocenters. The number of pyridine rings is 1. The van der Waals surface area contributed by atoms with Gasteiger partial charge in [-0.2, -0.15) is 0 Å². The number of para-hydroxylation sites is 1. The van der Waals surface area contributed by atoms with E-state index in [0.29, 0.717) is 18.9 Å². The van der Waals surface area contributed by atoms with Crippen LogP contribution in [0.15, 0.2) is 54.7 Å². The number of aromatic nitrogens is 1. The number of hydrogen-bond acceptors (Lipinski definition) is 6. The molecule has 0 saturated carbocycles. The lowest BCUT2D eigenvalue weighted by atomic mass is 9.97. The standard InChI is InChI=1S/C26H24N6O3/c33-14-28-26-20(3-2-8-27-26)18-9-16-6-7-19(11-17(16)10-18)29-23(34)12-31-15-32-13-24(35)30-21-4-1-5-22(31)25(21)32/h1-8,11,14,18H,9-10,12-13,15H2,(H,29,34)(H,30,35)(H,27,28,33). The van der Waals surface area contributed by atoms with Gasteiger partial charge in [0.15, 0.2) is 0 Å². The van der Waals surface area contributed by atoms with Gasteiger partial charge in [0.05, 0.1) is 36.8 Å². The number of amides is 3. The molecule has 9 heteroatoms. The van der Waals surface area contributed by atoms with Crippen molar-refractivity contribution in [2.24, 2.45) is 0 Å². The second-order valence-electron chi connectivity index (χ2n) is 9.10. The molecular weight excluding hydrogens is 444 g/mol. The van der Waals surface area contributed by atoms with Gasteiger partial charge in [-0.3, -0.25) is 14.4 Å². The van der Waals surface area contributed by atoms with Crippen LogP contribution in [-0.4, -0.2) is 43.0 Å². The Morgan fingerprint density at radius 1 is 1.14 bits per heavy atom. The Balaban J connectivity index is 1.14. The third-order valence-electron chi connectivity index (χ3n) is 6.85. The van der Waals surface area contributed by atoms with E-state index in [9.17, 15) is 14.4 Å². The Bertz CT molecular complexity index is 1360. The van der Waals surface area contributed by atoms with Crippen LogP contribution in [0, 0.1) is 0 Å². The molecule has 0 radical (unpaired) electrons. The number of fused-ring (bicyclic) bond motifs is 1. The lowest BCUT2D eigenvalue weighted by Gasteiger charge is -2.25. The molecule has 0 spiro atoms. The molecule has 1 unspecified atom stereocenters. The molecule has 3 amide bonds. The van der Waals surface area contributed by atoms with Crippen LogP contribution in [0.1, 0.15) is 22.6 Å². The molecule has 3 aromatic rings. The minimum absolute atomic E-state index is 0.0438. The highest BCUT2D eigenvalue weighted by atomic mass is 16.2. The number of hydrogen-bond donors (Lipinski definition) is 3. The van der Waals surface area contributed by atoms with Crippen molar-refractivity contribution < 1.29 is 14.4 Å². The maximum atomic E-state index is 12.9. The summed E-state index contributed by atoms with van der Waals surface area (Å²) in [6.45, 7) is 0.980. The predicted molar refractivity (Wildman–Crippen MR) is 134 cm³/mol. The number of nitrogens with zero attached hydrogens (tertiary/aromatic N) is 3. The van der Waals surface area contributed by atoms with E-state index in [4.69, 9.17) is 0 Å². The van der Waals surface area contributed by atoms with Crippen LogP contribution in [0.2, 0.25) is 0 Å². The number of anilines is 5. The number of rotatable bonds is 6. The summed E-state index contributed by atoms with van der Waals surface area (Å²) in [4.78, 5) is 44.1. The van der Waals surface area contributed by atoms with Gasteiger partial charge in [-0.05, 0) is 65.8 Å². The summed E-state index contributed by atoms with van der Waals surface area (Å²) >= 11 is 0. The van der Waals surface area contributed by atoms with E-state index < -0.39 is 0 Å². The van der Waals surface area contributed by atoms with E-state index in [2.05, 4.69) is 27.0 Å². The summed E-state index contributed by atoms with van der Waals surface area (Å²) in [6.07, 6.45) is 4.00. The summed E-state index contributed by atoms with van der Waals surface area (Å²) < 4.78 is 0. The van der Waals surface area contributed by atoms with Gasteiger partial charge >= 0.3 is 0 Å². The Hall–Kier alpha value is -4.40. The normalized spacial score (nSPS) is 17.5. The van der Waals surface area contributed by atoms with Crippen LogP contribution < -0.4 is 25.8 Å².